The molecule has 4 nitrogen and oxygen atoms in total. The first-order valence-electron chi connectivity index (χ1n) is 6.86. The number of likely N-dealkylation sites (tertiary alicyclic amines) is 1. The van der Waals surface area contributed by atoms with Gasteiger partial charge in [0.05, 0.1) is 4.99 Å². The summed E-state index contributed by atoms with van der Waals surface area (Å²) in [5.41, 5.74) is 5.47. The van der Waals surface area contributed by atoms with Gasteiger partial charge < -0.3 is 15.5 Å². The van der Waals surface area contributed by atoms with E-state index in [0.29, 0.717) is 18.0 Å². The molecule has 0 atom stereocenters. The van der Waals surface area contributed by atoms with Crippen molar-refractivity contribution in [3.63, 3.8) is 0 Å². The van der Waals surface area contributed by atoms with Crippen LogP contribution in [0, 0.1) is 0 Å². The molecule has 0 unspecified atom stereocenters. The second kappa shape index (κ2) is 8.43. The van der Waals surface area contributed by atoms with Gasteiger partial charge in [0.25, 0.3) is 0 Å². The van der Waals surface area contributed by atoms with Gasteiger partial charge in [-0.25, -0.2) is 0 Å². The van der Waals surface area contributed by atoms with E-state index in [-0.39, 0.29) is 5.91 Å². The van der Waals surface area contributed by atoms with Gasteiger partial charge in [0.1, 0.15) is 0 Å². The SMILES string of the molecule is CC(=O)N(CCCCN1CCCC1)CCC(N)=S. The molecule has 1 saturated heterocycles. The minimum absolute atomic E-state index is 0.118. The summed E-state index contributed by atoms with van der Waals surface area (Å²) in [5, 5.41) is 0. The number of carbonyl (C=O) groups excluding carboxylic acids is 1. The molecule has 18 heavy (non-hydrogen) atoms. The fraction of sp³-hybridized carbons (Fsp3) is 0.846. The highest BCUT2D eigenvalue weighted by molar-refractivity contribution is 7.80. The summed E-state index contributed by atoms with van der Waals surface area (Å²) in [6.45, 7) is 6.76. The Bertz CT molecular complexity index is 277. The van der Waals surface area contributed by atoms with E-state index < -0.39 is 0 Å². The second-order valence-electron chi connectivity index (χ2n) is 4.98. The standard InChI is InChI=1S/C13H25N3OS/c1-12(17)16(11-6-13(14)18)10-5-4-9-15-7-2-3-8-15/h2-11H2,1H3,(H2,14,18). The molecule has 5 heteroatoms. The number of unbranched alkanes of at least 4 members (excludes halogenated alkanes) is 1. The normalized spacial score (nSPS) is 15.8. The highest BCUT2D eigenvalue weighted by atomic mass is 32.1. The van der Waals surface area contributed by atoms with Gasteiger partial charge in [-0.05, 0) is 45.3 Å². The summed E-state index contributed by atoms with van der Waals surface area (Å²) in [6, 6.07) is 0. The van der Waals surface area contributed by atoms with Crippen LogP contribution in [0.5, 0.6) is 0 Å². The average Bonchev–Trinajstić information content (AvgIpc) is 2.80. The predicted molar refractivity (Wildman–Crippen MR) is 78.6 cm³/mol. The summed E-state index contributed by atoms with van der Waals surface area (Å²) < 4.78 is 0. The molecule has 0 saturated carbocycles. The molecule has 1 amide bonds. The molecule has 0 aromatic carbocycles. The molecule has 2 N–H and O–H groups in total. The van der Waals surface area contributed by atoms with E-state index in [1.165, 1.54) is 32.5 Å². The van der Waals surface area contributed by atoms with E-state index in [1.807, 2.05) is 4.90 Å². The Morgan fingerprint density at radius 1 is 1.28 bits per heavy atom. The molecule has 1 rings (SSSR count). The van der Waals surface area contributed by atoms with Crippen LogP contribution in [0.1, 0.15) is 39.0 Å². The van der Waals surface area contributed by atoms with Crippen LogP contribution in [0.2, 0.25) is 0 Å². The van der Waals surface area contributed by atoms with Crippen molar-refractivity contribution in [2.75, 3.05) is 32.7 Å². The maximum Gasteiger partial charge on any atom is 0.219 e. The van der Waals surface area contributed by atoms with Crippen molar-refractivity contribution in [2.45, 2.75) is 39.0 Å². The lowest BCUT2D eigenvalue weighted by atomic mass is 10.2. The third-order valence-corrected chi connectivity index (χ3v) is 3.63. The molecule has 1 aliphatic rings. The minimum Gasteiger partial charge on any atom is -0.393 e. The number of thiocarbonyl (C=S) groups is 1. The van der Waals surface area contributed by atoms with Gasteiger partial charge in [0, 0.05) is 26.4 Å². The quantitative estimate of drug-likeness (QED) is 0.535. The summed E-state index contributed by atoms with van der Waals surface area (Å²) in [6.07, 6.45) is 5.53. The lowest BCUT2D eigenvalue weighted by Gasteiger charge is -2.21. The van der Waals surface area contributed by atoms with Gasteiger partial charge in [-0.1, -0.05) is 12.2 Å². The Kier molecular flexibility index (Phi) is 7.20. The molecule has 0 aromatic rings. The largest absolute Gasteiger partial charge is 0.393 e. The maximum atomic E-state index is 11.4. The van der Waals surface area contributed by atoms with Crippen LogP contribution in [-0.4, -0.2) is 53.4 Å². The zero-order chi connectivity index (χ0) is 13.4. The smallest absolute Gasteiger partial charge is 0.219 e. The van der Waals surface area contributed by atoms with Crippen molar-refractivity contribution < 1.29 is 4.79 Å². The summed E-state index contributed by atoms with van der Waals surface area (Å²) in [5.74, 6) is 0.118. The molecule has 0 aliphatic carbocycles. The number of hydrogen-bond acceptors (Lipinski definition) is 3. The van der Waals surface area contributed by atoms with E-state index >= 15 is 0 Å². The molecule has 1 aliphatic heterocycles. The lowest BCUT2D eigenvalue weighted by molar-refractivity contribution is -0.128. The van der Waals surface area contributed by atoms with Crippen molar-refractivity contribution in [3.05, 3.63) is 0 Å². The lowest BCUT2D eigenvalue weighted by Crippen LogP contribution is -2.33. The van der Waals surface area contributed by atoms with E-state index in [2.05, 4.69) is 4.90 Å². The average molecular weight is 271 g/mol. The summed E-state index contributed by atoms with van der Waals surface area (Å²) in [4.78, 5) is 16.3. The molecule has 0 bridgehead atoms. The molecule has 0 radical (unpaired) electrons. The van der Waals surface area contributed by atoms with Crippen LogP contribution in [-0.2, 0) is 4.79 Å². The van der Waals surface area contributed by atoms with Gasteiger partial charge in [0.15, 0.2) is 0 Å². The topological polar surface area (TPSA) is 49.6 Å². The molecule has 0 spiro atoms. The third kappa shape index (κ3) is 6.31. The van der Waals surface area contributed by atoms with Crippen LogP contribution >= 0.6 is 12.2 Å². The van der Waals surface area contributed by atoms with Gasteiger partial charge in [-0.3, -0.25) is 4.79 Å². The molecule has 1 heterocycles. The number of hydrogen-bond donors (Lipinski definition) is 1. The van der Waals surface area contributed by atoms with Crippen molar-refractivity contribution >= 4 is 23.1 Å². The molecular weight excluding hydrogens is 246 g/mol. The highest BCUT2D eigenvalue weighted by Gasteiger charge is 2.12. The van der Waals surface area contributed by atoms with Gasteiger partial charge >= 0.3 is 0 Å². The van der Waals surface area contributed by atoms with Crippen molar-refractivity contribution in [3.8, 4) is 0 Å². The fourth-order valence-corrected chi connectivity index (χ4v) is 2.41. The Morgan fingerprint density at radius 3 is 2.50 bits per heavy atom. The Morgan fingerprint density at radius 2 is 1.94 bits per heavy atom. The van der Waals surface area contributed by atoms with Crippen LogP contribution in [0.3, 0.4) is 0 Å². The summed E-state index contributed by atoms with van der Waals surface area (Å²) in [7, 11) is 0. The molecule has 1 fully saturated rings. The number of nitrogens with zero attached hydrogens (tertiary/aromatic N) is 2. The fourth-order valence-electron chi connectivity index (χ4n) is 2.32. The molecular formula is C13H25N3OS. The van der Waals surface area contributed by atoms with E-state index in [4.69, 9.17) is 18.0 Å². The Balaban J connectivity index is 2.12. The van der Waals surface area contributed by atoms with Crippen LogP contribution in [0.15, 0.2) is 0 Å². The Labute approximate surface area is 115 Å². The van der Waals surface area contributed by atoms with Crippen molar-refractivity contribution in [1.82, 2.24) is 9.80 Å². The second-order valence-corrected chi connectivity index (χ2v) is 5.50. The number of amides is 1. The van der Waals surface area contributed by atoms with E-state index in [9.17, 15) is 4.79 Å². The first-order valence-corrected chi connectivity index (χ1v) is 7.26. The van der Waals surface area contributed by atoms with Crippen LogP contribution < -0.4 is 5.73 Å². The zero-order valence-corrected chi connectivity index (χ0v) is 12.2. The number of nitrogens with two attached hydrogens (primary N) is 1. The molecule has 104 valence electrons. The predicted octanol–water partition coefficient (Wildman–Crippen LogP) is 1.39. The minimum atomic E-state index is 0.118. The third-order valence-electron chi connectivity index (χ3n) is 3.42. The van der Waals surface area contributed by atoms with Gasteiger partial charge in [-0.15, -0.1) is 0 Å². The first-order chi connectivity index (χ1) is 8.59. The maximum absolute atomic E-state index is 11.4. The Hall–Kier alpha value is -0.680. The van der Waals surface area contributed by atoms with Crippen molar-refractivity contribution in [1.29, 1.82) is 0 Å². The van der Waals surface area contributed by atoms with Gasteiger partial charge in [0.2, 0.25) is 5.91 Å². The highest BCUT2D eigenvalue weighted by Crippen LogP contribution is 2.08. The van der Waals surface area contributed by atoms with Crippen molar-refractivity contribution in [2.24, 2.45) is 5.73 Å². The van der Waals surface area contributed by atoms with E-state index in [1.54, 1.807) is 6.92 Å². The number of rotatable bonds is 8. The monoisotopic (exact) mass is 271 g/mol. The molecule has 0 aromatic heterocycles. The van der Waals surface area contributed by atoms with Crippen LogP contribution in [0.4, 0.5) is 0 Å². The summed E-state index contributed by atoms with van der Waals surface area (Å²) >= 11 is 4.84. The number of carbonyl (C=O) groups is 1. The van der Waals surface area contributed by atoms with E-state index in [0.717, 1.165) is 19.4 Å². The van der Waals surface area contributed by atoms with Crippen LogP contribution in [0.25, 0.3) is 0 Å². The first kappa shape index (κ1) is 15.4. The zero-order valence-electron chi connectivity index (χ0n) is 11.4. The van der Waals surface area contributed by atoms with Gasteiger partial charge in [-0.2, -0.15) is 0 Å².